The van der Waals surface area contributed by atoms with Crippen LogP contribution in [-0.4, -0.2) is 26.3 Å². The molecule has 164 valence electrons. The van der Waals surface area contributed by atoms with Crippen molar-refractivity contribution in [3.8, 4) is 0 Å². The molecule has 0 fully saturated rings. The third-order valence-corrected chi connectivity index (χ3v) is 7.26. The lowest BCUT2D eigenvalue weighted by molar-refractivity contribution is -0.122. The molecule has 1 unspecified atom stereocenters. The van der Waals surface area contributed by atoms with Crippen molar-refractivity contribution in [3.05, 3.63) is 83.4 Å². The maximum Gasteiger partial charge on any atom is 0.265 e. The Hall–Kier alpha value is -3.36. The van der Waals surface area contributed by atoms with Crippen LogP contribution >= 0.6 is 11.6 Å². The molecule has 2 N–H and O–H groups in total. The van der Waals surface area contributed by atoms with Crippen LogP contribution in [0.1, 0.15) is 12.0 Å². The number of carbonyl (C=O) groups excluding carboxylic acids is 2. The summed E-state index contributed by atoms with van der Waals surface area (Å²) in [6.45, 7) is 1.85. The molecule has 32 heavy (non-hydrogen) atoms. The first-order chi connectivity index (χ1) is 15.3. The number of nitrogens with zero attached hydrogens (tertiary/aromatic N) is 1. The quantitative estimate of drug-likeness (QED) is 0.585. The summed E-state index contributed by atoms with van der Waals surface area (Å²) in [6.07, 6.45) is -0.392. The second kappa shape index (κ2) is 8.64. The lowest BCUT2D eigenvalue weighted by atomic mass is 10.1. The molecule has 0 saturated heterocycles. The van der Waals surface area contributed by atoms with Gasteiger partial charge in [-0.05, 0) is 43.3 Å². The Bertz CT molecular complexity index is 1290. The highest BCUT2D eigenvalue weighted by molar-refractivity contribution is 7.93. The zero-order chi connectivity index (χ0) is 22.9. The number of para-hydroxylation sites is 3. The van der Waals surface area contributed by atoms with E-state index in [-0.39, 0.29) is 4.90 Å². The Morgan fingerprint density at radius 3 is 2.41 bits per heavy atom. The Balaban J connectivity index is 1.73. The Kier molecular flexibility index (Phi) is 5.90. The molecule has 3 aromatic rings. The van der Waals surface area contributed by atoms with Gasteiger partial charge in [0.05, 0.1) is 33.4 Å². The van der Waals surface area contributed by atoms with E-state index in [0.29, 0.717) is 22.1 Å². The van der Waals surface area contributed by atoms with Crippen LogP contribution in [0.25, 0.3) is 0 Å². The number of halogens is 1. The van der Waals surface area contributed by atoms with E-state index in [1.54, 1.807) is 60.7 Å². The predicted molar refractivity (Wildman–Crippen MR) is 124 cm³/mol. The monoisotopic (exact) mass is 469 g/mol. The number of sulfonamides is 1. The van der Waals surface area contributed by atoms with Crippen LogP contribution in [0.2, 0.25) is 5.02 Å². The fourth-order valence-electron chi connectivity index (χ4n) is 3.50. The molecule has 4 rings (SSSR count). The summed E-state index contributed by atoms with van der Waals surface area (Å²) in [7, 11) is -4.13. The average molecular weight is 470 g/mol. The second-order valence-electron chi connectivity index (χ2n) is 7.37. The second-order valence-corrected chi connectivity index (χ2v) is 9.59. The van der Waals surface area contributed by atoms with Crippen LogP contribution < -0.4 is 14.9 Å². The standard InChI is InChI=1S/C23H20ClN3O4S/c1-15-10-12-16(13-11-15)32(30,31)27-20-9-5-4-8-19(20)26-23(29)21(27)14-22(28)25-18-7-3-2-6-17(18)24/h2-13,21H,14H2,1H3,(H,25,28)(H,26,29). The minimum atomic E-state index is -4.13. The number of amides is 2. The number of hydrogen-bond donors (Lipinski definition) is 2. The zero-order valence-corrected chi connectivity index (χ0v) is 18.7. The number of anilines is 3. The van der Waals surface area contributed by atoms with Crippen molar-refractivity contribution >= 4 is 50.5 Å². The summed E-state index contributed by atoms with van der Waals surface area (Å²) < 4.78 is 28.2. The number of fused-ring (bicyclic) bond motifs is 1. The van der Waals surface area contributed by atoms with Crippen LogP contribution in [0.3, 0.4) is 0 Å². The van der Waals surface area contributed by atoms with Gasteiger partial charge in [0.1, 0.15) is 6.04 Å². The number of nitrogens with one attached hydrogen (secondary N) is 2. The number of hydrogen-bond acceptors (Lipinski definition) is 4. The van der Waals surface area contributed by atoms with Gasteiger partial charge in [0.25, 0.3) is 10.0 Å². The third kappa shape index (κ3) is 4.19. The molecule has 1 aliphatic heterocycles. The minimum Gasteiger partial charge on any atom is -0.325 e. The minimum absolute atomic E-state index is 0.0316. The van der Waals surface area contributed by atoms with Gasteiger partial charge in [0.2, 0.25) is 11.8 Å². The molecule has 0 aromatic heterocycles. The van der Waals surface area contributed by atoms with Crippen molar-refractivity contribution in [1.29, 1.82) is 0 Å². The van der Waals surface area contributed by atoms with Crippen molar-refractivity contribution in [2.75, 3.05) is 14.9 Å². The van der Waals surface area contributed by atoms with Gasteiger partial charge in [-0.2, -0.15) is 0 Å². The van der Waals surface area contributed by atoms with Gasteiger partial charge in [-0.1, -0.05) is 53.6 Å². The van der Waals surface area contributed by atoms with Gasteiger partial charge in [-0.15, -0.1) is 0 Å². The Morgan fingerprint density at radius 2 is 1.69 bits per heavy atom. The molecule has 1 aliphatic rings. The molecule has 7 nitrogen and oxygen atoms in total. The van der Waals surface area contributed by atoms with Crippen LogP contribution in [0, 0.1) is 6.92 Å². The van der Waals surface area contributed by atoms with E-state index < -0.39 is 34.3 Å². The lowest BCUT2D eigenvalue weighted by Crippen LogP contribution is -2.52. The first-order valence-corrected chi connectivity index (χ1v) is 11.6. The molecule has 0 aliphatic carbocycles. The average Bonchev–Trinajstić information content (AvgIpc) is 2.76. The first-order valence-electron chi connectivity index (χ1n) is 9.83. The predicted octanol–water partition coefficient (Wildman–Crippen LogP) is 4.19. The van der Waals surface area contributed by atoms with Crippen LogP contribution in [0.15, 0.2) is 77.7 Å². The highest BCUT2D eigenvalue weighted by Crippen LogP contribution is 2.37. The summed E-state index contributed by atoms with van der Waals surface area (Å²) in [5.41, 5.74) is 1.93. The SMILES string of the molecule is Cc1ccc(S(=O)(=O)N2c3ccccc3NC(=O)C2CC(=O)Nc2ccccc2Cl)cc1. The molecular formula is C23H20ClN3O4S. The van der Waals surface area contributed by atoms with Crippen molar-refractivity contribution in [3.63, 3.8) is 0 Å². The molecule has 1 heterocycles. The van der Waals surface area contributed by atoms with Gasteiger partial charge in [0.15, 0.2) is 0 Å². The topological polar surface area (TPSA) is 95.6 Å². The fraction of sp³-hybridized carbons (Fsp3) is 0.130. The summed E-state index contributed by atoms with van der Waals surface area (Å²) in [6, 6.07) is 18.3. The van der Waals surface area contributed by atoms with E-state index in [1.807, 2.05) is 6.92 Å². The van der Waals surface area contributed by atoms with E-state index in [9.17, 15) is 18.0 Å². The van der Waals surface area contributed by atoms with Gasteiger partial charge in [0, 0.05) is 0 Å². The maximum atomic E-state index is 13.6. The third-order valence-electron chi connectivity index (χ3n) is 5.09. The van der Waals surface area contributed by atoms with Crippen molar-refractivity contribution in [2.45, 2.75) is 24.3 Å². The Morgan fingerprint density at radius 1 is 1.03 bits per heavy atom. The number of rotatable bonds is 5. The molecule has 0 saturated carbocycles. The number of carbonyl (C=O) groups is 2. The van der Waals surface area contributed by atoms with Gasteiger partial charge in [-0.25, -0.2) is 8.42 Å². The summed E-state index contributed by atoms with van der Waals surface area (Å²) in [5.74, 6) is -1.13. The largest absolute Gasteiger partial charge is 0.325 e. The molecule has 9 heteroatoms. The molecule has 0 radical (unpaired) electrons. The van der Waals surface area contributed by atoms with E-state index in [2.05, 4.69) is 10.6 Å². The maximum absolute atomic E-state index is 13.6. The van der Waals surface area contributed by atoms with Crippen molar-refractivity contribution < 1.29 is 18.0 Å². The van der Waals surface area contributed by atoms with Gasteiger partial charge < -0.3 is 10.6 Å². The molecule has 0 spiro atoms. The Labute approximate surface area is 191 Å². The van der Waals surface area contributed by atoms with Gasteiger partial charge >= 0.3 is 0 Å². The molecule has 1 atom stereocenters. The smallest absolute Gasteiger partial charge is 0.265 e. The summed E-state index contributed by atoms with van der Waals surface area (Å²) in [4.78, 5) is 25.7. The number of aryl methyl sites for hydroxylation is 1. The normalized spacial score (nSPS) is 15.6. The molecule has 3 aromatic carbocycles. The molecular weight excluding hydrogens is 450 g/mol. The number of benzene rings is 3. The fourth-order valence-corrected chi connectivity index (χ4v) is 5.31. The molecule has 0 bridgehead atoms. The van der Waals surface area contributed by atoms with Crippen molar-refractivity contribution in [1.82, 2.24) is 0 Å². The van der Waals surface area contributed by atoms with Crippen LogP contribution in [0.5, 0.6) is 0 Å². The van der Waals surface area contributed by atoms with E-state index in [0.717, 1.165) is 9.87 Å². The van der Waals surface area contributed by atoms with E-state index >= 15 is 0 Å². The van der Waals surface area contributed by atoms with Crippen molar-refractivity contribution in [2.24, 2.45) is 0 Å². The highest BCUT2D eigenvalue weighted by atomic mass is 35.5. The summed E-state index contributed by atoms with van der Waals surface area (Å²) in [5, 5.41) is 5.69. The lowest BCUT2D eigenvalue weighted by Gasteiger charge is -2.36. The van der Waals surface area contributed by atoms with Gasteiger partial charge in [-0.3, -0.25) is 13.9 Å². The highest BCUT2D eigenvalue weighted by Gasteiger charge is 2.42. The first kappa shape index (κ1) is 21.9. The zero-order valence-electron chi connectivity index (χ0n) is 17.1. The van der Waals surface area contributed by atoms with Crippen LogP contribution in [-0.2, 0) is 19.6 Å². The summed E-state index contributed by atoms with van der Waals surface area (Å²) >= 11 is 6.10. The molecule has 2 amide bonds. The van der Waals surface area contributed by atoms with E-state index in [1.165, 1.54) is 12.1 Å². The van der Waals surface area contributed by atoms with Crippen LogP contribution in [0.4, 0.5) is 17.1 Å². The van der Waals surface area contributed by atoms with E-state index in [4.69, 9.17) is 11.6 Å².